The minimum Gasteiger partial charge on any atom is -0.385 e. The van der Waals surface area contributed by atoms with Crippen LogP contribution in [0.1, 0.15) is 22.3 Å². The summed E-state index contributed by atoms with van der Waals surface area (Å²) in [5.41, 5.74) is 3.08. The van der Waals surface area contributed by atoms with Gasteiger partial charge >= 0.3 is 0 Å². The summed E-state index contributed by atoms with van der Waals surface area (Å²) in [5, 5.41) is 3.34. The lowest BCUT2D eigenvalue weighted by Gasteiger charge is -2.23. The molecule has 4 heteroatoms. The fourth-order valence-electron chi connectivity index (χ4n) is 2.19. The van der Waals surface area contributed by atoms with Crippen LogP contribution in [0.3, 0.4) is 0 Å². The van der Waals surface area contributed by atoms with Gasteiger partial charge in [-0.05, 0) is 30.5 Å². The monoisotopic (exact) mass is 266 g/mol. The number of fused-ring (bicyclic) bond motifs is 1. The van der Waals surface area contributed by atoms with Crippen LogP contribution in [0.2, 0.25) is 0 Å². The highest BCUT2D eigenvalue weighted by atomic mass is 35.5. The number of anilines is 1. The molecular formula is C14H19ClN2O. The second-order valence-electron chi connectivity index (χ2n) is 4.34. The smallest absolute Gasteiger partial charge is 0.254 e. The zero-order valence-electron chi connectivity index (χ0n) is 10.6. The Labute approximate surface area is 114 Å². The third-order valence-electron chi connectivity index (χ3n) is 3.08. The molecule has 0 saturated carbocycles. The highest BCUT2D eigenvalue weighted by Gasteiger charge is 2.19. The van der Waals surface area contributed by atoms with E-state index in [1.54, 1.807) is 18.0 Å². The molecule has 0 unspecified atom stereocenters. The first-order valence-corrected chi connectivity index (χ1v) is 5.96. The Balaban J connectivity index is 0.00000162. The lowest BCUT2D eigenvalue weighted by molar-refractivity contribution is 0.0809. The number of carbonyl (C=O) groups is 1. The molecule has 18 heavy (non-hydrogen) atoms. The summed E-state index contributed by atoms with van der Waals surface area (Å²) in [4.78, 5) is 13.9. The number of likely N-dealkylation sites (N-methyl/N-ethyl adjacent to an activating group) is 1. The molecule has 98 valence electrons. The van der Waals surface area contributed by atoms with Gasteiger partial charge in [-0.3, -0.25) is 4.79 Å². The van der Waals surface area contributed by atoms with Crippen LogP contribution in [0, 0.1) is 0 Å². The van der Waals surface area contributed by atoms with Crippen molar-refractivity contribution in [3.05, 3.63) is 42.0 Å². The number of hydrogen-bond donors (Lipinski definition) is 1. The van der Waals surface area contributed by atoms with Crippen LogP contribution < -0.4 is 5.32 Å². The van der Waals surface area contributed by atoms with Gasteiger partial charge in [0, 0.05) is 31.4 Å². The third-order valence-corrected chi connectivity index (χ3v) is 3.08. The van der Waals surface area contributed by atoms with Crippen molar-refractivity contribution in [3.8, 4) is 0 Å². The molecule has 3 nitrogen and oxygen atoms in total. The molecule has 1 aromatic rings. The summed E-state index contributed by atoms with van der Waals surface area (Å²) in [7, 11) is 1.81. The van der Waals surface area contributed by atoms with Crippen molar-refractivity contribution in [1.82, 2.24) is 4.90 Å². The van der Waals surface area contributed by atoms with Crippen molar-refractivity contribution in [1.29, 1.82) is 0 Å². The Morgan fingerprint density at radius 3 is 3.06 bits per heavy atom. The largest absolute Gasteiger partial charge is 0.385 e. The van der Waals surface area contributed by atoms with Crippen molar-refractivity contribution in [2.75, 3.05) is 25.5 Å². The van der Waals surface area contributed by atoms with Gasteiger partial charge in [0.1, 0.15) is 0 Å². The van der Waals surface area contributed by atoms with Gasteiger partial charge in [0.2, 0.25) is 0 Å². The van der Waals surface area contributed by atoms with Crippen LogP contribution in [0.4, 0.5) is 5.69 Å². The van der Waals surface area contributed by atoms with Crippen LogP contribution in [-0.2, 0) is 6.42 Å². The Morgan fingerprint density at radius 1 is 1.56 bits per heavy atom. The van der Waals surface area contributed by atoms with Gasteiger partial charge in [-0.15, -0.1) is 19.0 Å². The van der Waals surface area contributed by atoms with E-state index in [0.717, 1.165) is 36.2 Å². The van der Waals surface area contributed by atoms with E-state index in [-0.39, 0.29) is 18.3 Å². The highest BCUT2D eigenvalue weighted by Crippen LogP contribution is 2.25. The SMILES string of the molecule is C=CCN(C)C(=O)c1cccc2c1CCCN2.Cl. The summed E-state index contributed by atoms with van der Waals surface area (Å²) in [5.74, 6) is 0.0745. The number of carbonyl (C=O) groups excluding carboxylic acids is 1. The first-order chi connectivity index (χ1) is 8.24. The number of amides is 1. The molecule has 0 aromatic heterocycles. The predicted octanol–water partition coefficient (Wildman–Crippen LogP) is 2.72. The topological polar surface area (TPSA) is 32.3 Å². The van der Waals surface area contributed by atoms with E-state index in [0.29, 0.717) is 6.54 Å². The van der Waals surface area contributed by atoms with Gasteiger partial charge in [0.05, 0.1) is 0 Å². The molecule has 0 radical (unpaired) electrons. The molecule has 0 fully saturated rings. The Bertz CT molecular complexity index is 445. The molecule has 1 N–H and O–H groups in total. The van der Waals surface area contributed by atoms with Gasteiger partial charge in [0.25, 0.3) is 5.91 Å². The second-order valence-corrected chi connectivity index (χ2v) is 4.34. The van der Waals surface area contributed by atoms with E-state index < -0.39 is 0 Å². The zero-order valence-corrected chi connectivity index (χ0v) is 11.4. The van der Waals surface area contributed by atoms with Crippen molar-refractivity contribution >= 4 is 24.0 Å². The Morgan fingerprint density at radius 2 is 2.33 bits per heavy atom. The third kappa shape index (κ3) is 2.85. The van der Waals surface area contributed by atoms with Crippen LogP contribution in [0.15, 0.2) is 30.9 Å². The van der Waals surface area contributed by atoms with Crippen LogP contribution in [0.5, 0.6) is 0 Å². The summed E-state index contributed by atoms with van der Waals surface area (Å²) in [6.07, 6.45) is 3.81. The van der Waals surface area contributed by atoms with E-state index in [4.69, 9.17) is 0 Å². The maximum Gasteiger partial charge on any atom is 0.254 e. The second kappa shape index (κ2) is 6.45. The highest BCUT2D eigenvalue weighted by molar-refractivity contribution is 5.97. The fraction of sp³-hybridized carbons (Fsp3) is 0.357. The summed E-state index contributed by atoms with van der Waals surface area (Å²) in [6.45, 7) is 5.23. The minimum absolute atomic E-state index is 0. The first kappa shape index (κ1) is 14.6. The number of hydrogen-bond acceptors (Lipinski definition) is 2. The quantitative estimate of drug-likeness (QED) is 0.854. The van der Waals surface area contributed by atoms with Gasteiger partial charge in [-0.25, -0.2) is 0 Å². The normalized spacial score (nSPS) is 12.7. The van der Waals surface area contributed by atoms with Gasteiger partial charge in [-0.1, -0.05) is 12.1 Å². The molecule has 0 spiro atoms. The van der Waals surface area contributed by atoms with E-state index in [9.17, 15) is 4.79 Å². The van der Waals surface area contributed by atoms with Crippen LogP contribution in [-0.4, -0.2) is 30.9 Å². The number of benzene rings is 1. The molecule has 1 aromatic carbocycles. The number of rotatable bonds is 3. The zero-order chi connectivity index (χ0) is 12.3. The van der Waals surface area contributed by atoms with E-state index in [2.05, 4.69) is 11.9 Å². The van der Waals surface area contributed by atoms with E-state index >= 15 is 0 Å². The first-order valence-electron chi connectivity index (χ1n) is 5.96. The van der Waals surface area contributed by atoms with E-state index in [1.807, 2.05) is 18.2 Å². The van der Waals surface area contributed by atoms with Gasteiger partial charge in [0.15, 0.2) is 0 Å². The number of halogens is 1. The minimum atomic E-state index is 0. The van der Waals surface area contributed by atoms with Gasteiger partial charge < -0.3 is 10.2 Å². The van der Waals surface area contributed by atoms with Crippen molar-refractivity contribution in [2.24, 2.45) is 0 Å². The molecule has 1 heterocycles. The molecule has 2 rings (SSSR count). The average molecular weight is 267 g/mol. The molecule has 0 atom stereocenters. The maximum absolute atomic E-state index is 12.3. The standard InChI is InChI=1S/C14H18N2O.ClH/c1-3-10-16(2)14(17)12-6-4-8-13-11(12)7-5-9-15-13;/h3-4,6,8,15H,1,5,7,9-10H2,2H3;1H. The van der Waals surface area contributed by atoms with Crippen molar-refractivity contribution < 1.29 is 4.79 Å². The molecule has 1 amide bonds. The Hall–Kier alpha value is -1.48. The van der Waals surface area contributed by atoms with Crippen LogP contribution in [0.25, 0.3) is 0 Å². The summed E-state index contributed by atoms with van der Waals surface area (Å²) < 4.78 is 0. The molecule has 1 aliphatic heterocycles. The van der Waals surface area contributed by atoms with Crippen molar-refractivity contribution in [3.63, 3.8) is 0 Å². The molecule has 0 aliphatic carbocycles. The Kier molecular flexibility index (Phi) is 5.23. The molecular weight excluding hydrogens is 248 g/mol. The number of nitrogens with zero attached hydrogens (tertiary/aromatic N) is 1. The lowest BCUT2D eigenvalue weighted by atomic mass is 9.97. The average Bonchev–Trinajstić information content (AvgIpc) is 2.37. The number of nitrogens with one attached hydrogen (secondary N) is 1. The fourth-order valence-corrected chi connectivity index (χ4v) is 2.19. The summed E-state index contributed by atoms with van der Waals surface area (Å²) in [6, 6.07) is 5.89. The molecule has 1 aliphatic rings. The lowest BCUT2D eigenvalue weighted by Crippen LogP contribution is -2.28. The molecule has 0 saturated heterocycles. The van der Waals surface area contributed by atoms with Crippen molar-refractivity contribution in [2.45, 2.75) is 12.8 Å². The van der Waals surface area contributed by atoms with E-state index in [1.165, 1.54) is 0 Å². The van der Waals surface area contributed by atoms with Gasteiger partial charge in [-0.2, -0.15) is 0 Å². The maximum atomic E-state index is 12.3. The predicted molar refractivity (Wildman–Crippen MR) is 77.7 cm³/mol. The summed E-state index contributed by atoms with van der Waals surface area (Å²) >= 11 is 0. The van der Waals surface area contributed by atoms with Crippen LogP contribution >= 0.6 is 12.4 Å². The molecule has 0 bridgehead atoms.